The highest BCUT2D eigenvalue weighted by Crippen LogP contribution is 2.29. The molecule has 5 heteroatoms. The standard InChI is InChI=1S/C30H42O5/c1-23(19-29(32-25-11-3-4-12-25)33-26-13-5-6-14-26)21-31-22-24(2)20-30(34-27-15-7-8-16-27)35-28-17-9-10-18-28/h11,13,15,17,29-30H,1-10,12,14,16,18-22H2. The first-order chi connectivity index (χ1) is 17.1. The summed E-state index contributed by atoms with van der Waals surface area (Å²) >= 11 is 0. The van der Waals surface area contributed by atoms with Gasteiger partial charge in [0.25, 0.3) is 0 Å². The first kappa shape index (κ1) is 25.7. The van der Waals surface area contributed by atoms with Crippen LogP contribution >= 0.6 is 0 Å². The van der Waals surface area contributed by atoms with E-state index in [1.54, 1.807) is 0 Å². The molecular formula is C30H42O5. The average Bonchev–Trinajstić information content (AvgIpc) is 3.63. The summed E-state index contributed by atoms with van der Waals surface area (Å²) in [5.41, 5.74) is 1.91. The van der Waals surface area contributed by atoms with E-state index in [4.69, 9.17) is 23.7 Å². The van der Waals surface area contributed by atoms with Crippen molar-refractivity contribution in [1.29, 1.82) is 0 Å². The van der Waals surface area contributed by atoms with Crippen LogP contribution in [0.25, 0.3) is 0 Å². The van der Waals surface area contributed by atoms with Crippen LogP contribution in [0, 0.1) is 0 Å². The minimum absolute atomic E-state index is 0.339. The molecule has 4 rings (SSSR count). The molecule has 4 aliphatic rings. The predicted octanol–water partition coefficient (Wildman–Crippen LogP) is 7.89. The summed E-state index contributed by atoms with van der Waals surface area (Å²) in [6.45, 7) is 9.34. The Morgan fingerprint density at radius 3 is 1.14 bits per heavy atom. The van der Waals surface area contributed by atoms with Crippen molar-refractivity contribution in [3.05, 3.63) is 71.6 Å². The Kier molecular flexibility index (Phi) is 10.00. The molecule has 0 fully saturated rings. The fraction of sp³-hybridized carbons (Fsp3) is 0.600. The molecule has 192 valence electrons. The fourth-order valence-corrected chi connectivity index (χ4v) is 4.81. The van der Waals surface area contributed by atoms with Crippen LogP contribution in [-0.4, -0.2) is 25.8 Å². The Labute approximate surface area is 211 Å². The molecule has 0 atom stereocenters. The van der Waals surface area contributed by atoms with E-state index in [9.17, 15) is 0 Å². The summed E-state index contributed by atoms with van der Waals surface area (Å²) < 4.78 is 30.6. The summed E-state index contributed by atoms with van der Waals surface area (Å²) in [4.78, 5) is 0. The highest BCUT2D eigenvalue weighted by molar-refractivity contribution is 5.06. The average molecular weight is 483 g/mol. The van der Waals surface area contributed by atoms with Gasteiger partial charge in [-0.1, -0.05) is 13.2 Å². The molecule has 0 saturated carbocycles. The smallest absolute Gasteiger partial charge is 0.243 e. The second kappa shape index (κ2) is 13.6. The van der Waals surface area contributed by atoms with Crippen molar-refractivity contribution in [1.82, 2.24) is 0 Å². The molecule has 0 spiro atoms. The molecule has 0 aromatic rings. The lowest BCUT2D eigenvalue weighted by Crippen LogP contribution is -2.20. The summed E-state index contributed by atoms with van der Waals surface area (Å²) in [5, 5.41) is 0. The van der Waals surface area contributed by atoms with Gasteiger partial charge in [0.05, 0.1) is 36.3 Å². The zero-order valence-corrected chi connectivity index (χ0v) is 21.2. The summed E-state index contributed by atoms with van der Waals surface area (Å²) in [7, 11) is 0. The van der Waals surface area contributed by atoms with Crippen molar-refractivity contribution in [2.24, 2.45) is 0 Å². The van der Waals surface area contributed by atoms with Gasteiger partial charge in [0.1, 0.15) is 0 Å². The largest absolute Gasteiger partial charge is 0.459 e. The van der Waals surface area contributed by atoms with E-state index in [-0.39, 0.29) is 12.6 Å². The minimum atomic E-state index is -0.339. The van der Waals surface area contributed by atoms with Crippen LogP contribution in [0.3, 0.4) is 0 Å². The van der Waals surface area contributed by atoms with E-state index in [0.717, 1.165) is 111 Å². The Hall–Kier alpha value is -2.40. The van der Waals surface area contributed by atoms with Gasteiger partial charge in [-0.3, -0.25) is 0 Å². The number of ether oxygens (including phenoxy) is 5. The summed E-state index contributed by atoms with van der Waals surface area (Å²) in [5.74, 6) is 4.15. The molecule has 5 nitrogen and oxygen atoms in total. The normalized spacial score (nSPS) is 19.5. The van der Waals surface area contributed by atoms with E-state index < -0.39 is 0 Å². The number of hydrogen-bond donors (Lipinski definition) is 0. The number of rotatable bonds is 16. The molecule has 0 bridgehead atoms. The third kappa shape index (κ3) is 8.96. The first-order valence-corrected chi connectivity index (χ1v) is 13.5. The molecule has 0 amide bonds. The number of allylic oxidation sites excluding steroid dienone is 8. The SMILES string of the molecule is C=C(COCC(=C)CC(OC1=CCCC1)OC1=CCCC1)CC(OC1=CCCC1)OC1=CCCC1. The maximum Gasteiger partial charge on any atom is 0.243 e. The predicted molar refractivity (Wildman–Crippen MR) is 138 cm³/mol. The molecule has 0 heterocycles. The lowest BCUT2D eigenvalue weighted by atomic mass is 10.2. The fourth-order valence-electron chi connectivity index (χ4n) is 4.81. The third-order valence-electron chi connectivity index (χ3n) is 6.65. The molecule has 0 aliphatic heterocycles. The van der Waals surface area contributed by atoms with Crippen LogP contribution in [0.15, 0.2) is 71.6 Å². The van der Waals surface area contributed by atoms with Gasteiger partial charge in [0.15, 0.2) is 0 Å². The van der Waals surface area contributed by atoms with E-state index in [2.05, 4.69) is 37.5 Å². The molecule has 35 heavy (non-hydrogen) atoms. The van der Waals surface area contributed by atoms with E-state index in [0.29, 0.717) is 26.1 Å². The second-order valence-corrected chi connectivity index (χ2v) is 9.98. The van der Waals surface area contributed by atoms with E-state index >= 15 is 0 Å². The monoisotopic (exact) mass is 482 g/mol. The van der Waals surface area contributed by atoms with E-state index in [1.165, 1.54) is 0 Å². The zero-order valence-electron chi connectivity index (χ0n) is 21.2. The highest BCUT2D eigenvalue weighted by atomic mass is 16.7. The van der Waals surface area contributed by atoms with E-state index in [1.807, 2.05) is 0 Å². The number of hydrogen-bond acceptors (Lipinski definition) is 5. The van der Waals surface area contributed by atoms with Gasteiger partial charge in [-0.25, -0.2) is 0 Å². The molecule has 0 saturated heterocycles. The minimum Gasteiger partial charge on any atom is -0.459 e. The van der Waals surface area contributed by atoms with Gasteiger partial charge < -0.3 is 23.7 Å². The quantitative estimate of drug-likeness (QED) is 0.165. The molecule has 0 aromatic heterocycles. The Balaban J connectivity index is 1.20. The van der Waals surface area contributed by atoms with Crippen LogP contribution in [0.2, 0.25) is 0 Å². The van der Waals surface area contributed by atoms with Gasteiger partial charge in [-0.15, -0.1) is 0 Å². The summed E-state index contributed by atoms with van der Waals surface area (Å²) in [6, 6.07) is 0. The Bertz CT molecular complexity index is 740. The van der Waals surface area contributed by atoms with Crippen molar-refractivity contribution < 1.29 is 23.7 Å². The Morgan fingerprint density at radius 1 is 0.571 bits per heavy atom. The van der Waals surface area contributed by atoms with Crippen LogP contribution in [-0.2, 0) is 23.7 Å². The van der Waals surface area contributed by atoms with Crippen LogP contribution in [0.4, 0.5) is 0 Å². The topological polar surface area (TPSA) is 46.2 Å². The van der Waals surface area contributed by atoms with Gasteiger partial charge in [-0.2, -0.15) is 0 Å². The van der Waals surface area contributed by atoms with Crippen molar-refractivity contribution >= 4 is 0 Å². The van der Waals surface area contributed by atoms with Crippen LogP contribution < -0.4 is 0 Å². The first-order valence-electron chi connectivity index (χ1n) is 13.5. The molecule has 0 aromatic carbocycles. The van der Waals surface area contributed by atoms with Gasteiger partial charge in [0, 0.05) is 38.5 Å². The van der Waals surface area contributed by atoms with Gasteiger partial charge in [-0.05, 0) is 86.8 Å². The lowest BCUT2D eigenvalue weighted by Gasteiger charge is -2.24. The summed E-state index contributed by atoms with van der Waals surface area (Å²) in [6.07, 6.45) is 22.1. The van der Waals surface area contributed by atoms with Gasteiger partial charge >= 0.3 is 0 Å². The van der Waals surface area contributed by atoms with Crippen LogP contribution in [0.5, 0.6) is 0 Å². The third-order valence-corrected chi connectivity index (χ3v) is 6.65. The molecule has 0 N–H and O–H groups in total. The molecule has 0 radical (unpaired) electrons. The molecule has 4 aliphatic carbocycles. The van der Waals surface area contributed by atoms with Crippen molar-refractivity contribution in [3.63, 3.8) is 0 Å². The molecular weight excluding hydrogens is 440 g/mol. The zero-order chi connectivity index (χ0) is 24.3. The maximum atomic E-state index is 6.17. The second-order valence-electron chi connectivity index (χ2n) is 9.98. The Morgan fingerprint density at radius 2 is 0.886 bits per heavy atom. The van der Waals surface area contributed by atoms with Crippen molar-refractivity contribution in [2.75, 3.05) is 13.2 Å². The van der Waals surface area contributed by atoms with Crippen molar-refractivity contribution in [3.8, 4) is 0 Å². The van der Waals surface area contributed by atoms with Gasteiger partial charge in [0.2, 0.25) is 12.6 Å². The van der Waals surface area contributed by atoms with Crippen LogP contribution in [0.1, 0.15) is 89.9 Å². The van der Waals surface area contributed by atoms with Crippen molar-refractivity contribution in [2.45, 2.75) is 102 Å². The maximum absolute atomic E-state index is 6.17. The highest BCUT2D eigenvalue weighted by Gasteiger charge is 2.21. The molecule has 0 unspecified atom stereocenters. The lowest BCUT2D eigenvalue weighted by molar-refractivity contribution is -0.0895.